The number of hydrogen-bond acceptors (Lipinski definition) is 9. The second-order valence-corrected chi connectivity index (χ2v) is 8.15. The molecular formula is C22H12N6O5S. The van der Waals surface area contributed by atoms with E-state index in [2.05, 4.69) is 6.07 Å². The Labute approximate surface area is 194 Å². The van der Waals surface area contributed by atoms with Crippen LogP contribution in [0.1, 0.15) is 17.0 Å². The standard InChI is InChI=1S/C22H12N6O5S/c23-10-16-19(13-3-7-15(8-4-13)28(32)33)17(11-24)22-26(20(16)25)21(29)18(34-22)9-12-1-5-14(6-2-12)27(30)31/h1-9,19H,25H2/b18-9-/t19-/m0/s1. The zero-order chi connectivity index (χ0) is 24.6. The molecule has 0 spiro atoms. The zero-order valence-electron chi connectivity index (χ0n) is 17.0. The summed E-state index contributed by atoms with van der Waals surface area (Å²) in [5, 5.41) is 41.6. The van der Waals surface area contributed by atoms with Crippen LogP contribution in [0.15, 0.2) is 58.9 Å². The maximum absolute atomic E-state index is 13.1. The Kier molecular flexibility index (Phi) is 5.51. The van der Waals surface area contributed by atoms with Gasteiger partial charge in [0.1, 0.15) is 10.5 Å². The lowest BCUT2D eigenvalue weighted by molar-refractivity contribution is -0.385. The summed E-state index contributed by atoms with van der Waals surface area (Å²) < 4.78 is 1.54. The van der Waals surface area contributed by atoms with Gasteiger partial charge in [0.15, 0.2) is 0 Å². The molecule has 0 saturated carbocycles. The Morgan fingerprint density at radius 3 is 1.97 bits per heavy atom. The Morgan fingerprint density at radius 2 is 1.47 bits per heavy atom. The summed E-state index contributed by atoms with van der Waals surface area (Å²) in [4.78, 5) is 33.8. The van der Waals surface area contributed by atoms with Gasteiger partial charge in [0.25, 0.3) is 16.9 Å². The van der Waals surface area contributed by atoms with Gasteiger partial charge < -0.3 is 5.73 Å². The first-order chi connectivity index (χ1) is 16.3. The SMILES string of the molecule is N#CC1=C(N)n2c(s/c(=C\c3ccc([N+](=O)[O-])cc3)c2=O)=C(C#N)[C@H]1c1ccc([N+](=O)[O-])cc1. The smallest absolute Gasteiger partial charge is 0.274 e. The van der Waals surface area contributed by atoms with Crippen molar-refractivity contribution >= 4 is 40.2 Å². The van der Waals surface area contributed by atoms with Crippen LogP contribution in [0.3, 0.4) is 0 Å². The molecule has 0 fully saturated rings. The molecule has 1 aliphatic heterocycles. The molecule has 2 heterocycles. The molecule has 2 aromatic carbocycles. The van der Waals surface area contributed by atoms with E-state index in [1.807, 2.05) is 6.07 Å². The van der Waals surface area contributed by atoms with Crippen LogP contribution in [0, 0.1) is 42.9 Å². The number of hydrogen-bond donors (Lipinski definition) is 1. The normalized spacial score (nSPS) is 15.4. The lowest BCUT2D eigenvalue weighted by Crippen LogP contribution is -2.38. The second-order valence-electron chi connectivity index (χ2n) is 7.12. The van der Waals surface area contributed by atoms with Gasteiger partial charge in [-0.15, -0.1) is 11.3 Å². The Balaban J connectivity index is 1.95. The molecule has 0 radical (unpaired) electrons. The van der Waals surface area contributed by atoms with Crippen LogP contribution in [-0.4, -0.2) is 14.4 Å². The fourth-order valence-corrected chi connectivity index (χ4v) is 4.75. The van der Waals surface area contributed by atoms with Crippen molar-refractivity contribution in [1.29, 1.82) is 10.5 Å². The third-order valence-electron chi connectivity index (χ3n) is 5.23. The van der Waals surface area contributed by atoms with Crippen molar-refractivity contribution in [3.63, 3.8) is 0 Å². The number of nitrogens with zero attached hydrogens (tertiary/aromatic N) is 5. The quantitative estimate of drug-likeness (QED) is 0.439. The minimum atomic E-state index is -0.902. The number of nitriles is 2. The number of aromatic nitrogens is 1. The number of nitrogens with two attached hydrogens (primary N) is 1. The van der Waals surface area contributed by atoms with Gasteiger partial charge in [0.05, 0.1) is 43.6 Å². The van der Waals surface area contributed by atoms with E-state index in [4.69, 9.17) is 5.73 Å². The third-order valence-corrected chi connectivity index (χ3v) is 6.34. The Bertz CT molecular complexity index is 1650. The highest BCUT2D eigenvalue weighted by Gasteiger charge is 2.32. The van der Waals surface area contributed by atoms with Gasteiger partial charge in [-0.05, 0) is 29.3 Å². The largest absolute Gasteiger partial charge is 0.384 e. The molecule has 12 heteroatoms. The topological polar surface area (TPSA) is 182 Å². The van der Waals surface area contributed by atoms with Gasteiger partial charge in [0.2, 0.25) is 0 Å². The van der Waals surface area contributed by atoms with E-state index >= 15 is 0 Å². The van der Waals surface area contributed by atoms with Crippen molar-refractivity contribution in [3.05, 3.63) is 105 Å². The predicted octanol–water partition coefficient (Wildman–Crippen LogP) is 1.68. The van der Waals surface area contributed by atoms with E-state index < -0.39 is 21.3 Å². The summed E-state index contributed by atoms with van der Waals surface area (Å²) in [6.45, 7) is 0. The van der Waals surface area contributed by atoms with E-state index in [9.17, 15) is 35.5 Å². The Morgan fingerprint density at radius 1 is 0.941 bits per heavy atom. The minimum Gasteiger partial charge on any atom is -0.384 e. The first kappa shape index (κ1) is 22.1. The van der Waals surface area contributed by atoms with Crippen LogP contribution in [0.2, 0.25) is 0 Å². The van der Waals surface area contributed by atoms with Crippen LogP contribution < -0.4 is 20.5 Å². The number of nitro groups is 2. The molecule has 2 N–H and O–H groups in total. The third kappa shape index (κ3) is 3.60. The lowest BCUT2D eigenvalue weighted by atomic mass is 9.84. The van der Waals surface area contributed by atoms with Gasteiger partial charge in [0, 0.05) is 24.3 Å². The first-order valence-electron chi connectivity index (χ1n) is 9.53. The van der Waals surface area contributed by atoms with Crippen molar-refractivity contribution in [2.75, 3.05) is 0 Å². The highest BCUT2D eigenvalue weighted by atomic mass is 32.1. The van der Waals surface area contributed by atoms with Crippen molar-refractivity contribution in [1.82, 2.24) is 4.57 Å². The number of rotatable bonds is 4. The molecule has 3 aromatic rings. The number of thiazole rings is 1. The van der Waals surface area contributed by atoms with Gasteiger partial charge in [-0.2, -0.15) is 10.5 Å². The van der Waals surface area contributed by atoms with E-state index in [0.717, 1.165) is 15.9 Å². The number of fused-ring (bicyclic) bond motifs is 1. The molecule has 0 bridgehead atoms. The number of nitro benzene ring substituents is 2. The molecule has 0 aliphatic carbocycles. The highest BCUT2D eigenvalue weighted by Crippen LogP contribution is 2.36. The van der Waals surface area contributed by atoms with Gasteiger partial charge >= 0.3 is 0 Å². The molecule has 1 atom stereocenters. The summed E-state index contributed by atoms with van der Waals surface area (Å²) in [6.07, 6.45) is 1.51. The molecule has 11 nitrogen and oxygen atoms in total. The lowest BCUT2D eigenvalue weighted by Gasteiger charge is -2.22. The summed E-state index contributed by atoms with van der Waals surface area (Å²) in [6, 6.07) is 15.0. The monoisotopic (exact) mass is 472 g/mol. The molecular weight excluding hydrogens is 460 g/mol. The number of allylic oxidation sites excluding steroid dienone is 1. The van der Waals surface area contributed by atoms with E-state index in [1.54, 1.807) is 0 Å². The van der Waals surface area contributed by atoms with E-state index in [0.29, 0.717) is 11.1 Å². The maximum atomic E-state index is 13.1. The molecule has 166 valence electrons. The minimum absolute atomic E-state index is 0.0281. The zero-order valence-corrected chi connectivity index (χ0v) is 17.9. The van der Waals surface area contributed by atoms with Crippen LogP contribution >= 0.6 is 11.3 Å². The molecule has 0 unspecified atom stereocenters. The van der Waals surface area contributed by atoms with Crippen molar-refractivity contribution in [2.24, 2.45) is 5.73 Å². The van der Waals surface area contributed by atoms with E-state index in [-0.39, 0.29) is 37.5 Å². The van der Waals surface area contributed by atoms with Gasteiger partial charge in [-0.25, -0.2) is 0 Å². The first-order valence-corrected chi connectivity index (χ1v) is 10.3. The van der Waals surface area contributed by atoms with Crippen LogP contribution in [-0.2, 0) is 0 Å². The van der Waals surface area contributed by atoms with Crippen molar-refractivity contribution in [2.45, 2.75) is 5.92 Å². The average Bonchev–Trinajstić information content (AvgIpc) is 3.15. The second kappa shape index (κ2) is 8.46. The summed E-state index contributed by atoms with van der Waals surface area (Å²) in [5.74, 6) is -1.04. The highest BCUT2D eigenvalue weighted by molar-refractivity contribution is 7.07. The molecule has 1 aliphatic rings. The van der Waals surface area contributed by atoms with Gasteiger partial charge in [-0.3, -0.25) is 29.6 Å². The predicted molar refractivity (Wildman–Crippen MR) is 122 cm³/mol. The Hall–Kier alpha value is -5.07. The molecule has 0 saturated heterocycles. The van der Waals surface area contributed by atoms with Crippen LogP contribution in [0.25, 0.3) is 17.5 Å². The fourth-order valence-electron chi connectivity index (χ4n) is 3.62. The molecule has 34 heavy (non-hydrogen) atoms. The van der Waals surface area contributed by atoms with Crippen molar-refractivity contribution < 1.29 is 9.85 Å². The average molecular weight is 472 g/mol. The van der Waals surface area contributed by atoms with Crippen molar-refractivity contribution in [3.8, 4) is 12.1 Å². The molecule has 0 amide bonds. The summed E-state index contributed by atoms with van der Waals surface area (Å²) >= 11 is 0.992. The fraction of sp³-hybridized carbons (Fsp3) is 0.0455. The molecule has 4 rings (SSSR count). The maximum Gasteiger partial charge on any atom is 0.274 e. The number of benzene rings is 2. The van der Waals surface area contributed by atoms with Crippen LogP contribution in [0.4, 0.5) is 11.4 Å². The van der Waals surface area contributed by atoms with Gasteiger partial charge in [-0.1, -0.05) is 12.1 Å². The number of non-ortho nitro benzene ring substituents is 2. The summed E-state index contributed by atoms with van der Waals surface area (Å²) in [7, 11) is 0. The summed E-state index contributed by atoms with van der Waals surface area (Å²) in [5.41, 5.74) is 6.43. The van der Waals surface area contributed by atoms with E-state index in [1.165, 1.54) is 54.6 Å². The molecule has 1 aromatic heterocycles. The van der Waals surface area contributed by atoms with Crippen LogP contribution in [0.5, 0.6) is 0 Å².